The lowest BCUT2D eigenvalue weighted by Gasteiger charge is -2.35. The smallest absolute Gasteiger partial charge is 0.453 e. The van der Waals surface area contributed by atoms with Crippen LogP contribution in [0.15, 0.2) is 45.6 Å². The zero-order valence-electron chi connectivity index (χ0n) is 17.9. The lowest BCUT2D eigenvalue weighted by Crippen LogP contribution is -2.38. The Kier molecular flexibility index (Phi) is 6.59. The van der Waals surface area contributed by atoms with E-state index in [1.165, 1.54) is 30.3 Å². The maximum absolute atomic E-state index is 13.9. The molecule has 33 heavy (non-hydrogen) atoms. The average molecular weight is 482 g/mol. The number of rotatable bonds is 5. The molecule has 1 aliphatic heterocycles. The molecule has 1 fully saturated rings. The molecule has 1 N–H and O–H groups in total. The maximum Gasteiger partial charge on any atom is 0.453 e. The van der Waals surface area contributed by atoms with Crippen molar-refractivity contribution in [3.8, 4) is 17.2 Å². The predicted octanol–water partition coefficient (Wildman–Crippen LogP) is 6.73. The largest absolute Gasteiger partial charge is 0.507 e. The van der Waals surface area contributed by atoms with Crippen LogP contribution in [0.5, 0.6) is 17.2 Å². The maximum atomic E-state index is 13.9. The van der Waals surface area contributed by atoms with Gasteiger partial charge < -0.3 is 14.3 Å². The molecule has 0 radical (unpaired) electrons. The number of halogens is 4. The molecular weight excluding hydrogens is 459 g/mol. The van der Waals surface area contributed by atoms with Gasteiger partial charge in [-0.3, -0.25) is 9.69 Å². The van der Waals surface area contributed by atoms with Gasteiger partial charge in [0.25, 0.3) is 5.76 Å². The van der Waals surface area contributed by atoms with Crippen LogP contribution < -0.4 is 10.2 Å². The number of phenols is 1. The molecule has 176 valence electrons. The van der Waals surface area contributed by atoms with Crippen LogP contribution in [0.1, 0.15) is 43.9 Å². The van der Waals surface area contributed by atoms with Gasteiger partial charge in [-0.05, 0) is 50.1 Å². The Morgan fingerprint density at radius 3 is 2.67 bits per heavy atom. The van der Waals surface area contributed by atoms with Crippen LogP contribution in [0.3, 0.4) is 0 Å². The van der Waals surface area contributed by atoms with Crippen molar-refractivity contribution in [3.05, 3.63) is 63.0 Å². The third-order valence-electron chi connectivity index (χ3n) is 5.98. The van der Waals surface area contributed by atoms with Crippen LogP contribution in [0.2, 0.25) is 5.02 Å². The van der Waals surface area contributed by atoms with Crippen LogP contribution in [0.25, 0.3) is 11.0 Å². The third kappa shape index (κ3) is 4.68. The van der Waals surface area contributed by atoms with E-state index in [9.17, 15) is 23.1 Å². The molecule has 5 nitrogen and oxygen atoms in total. The number of nitrogens with zero attached hydrogens (tertiary/aromatic N) is 1. The first-order chi connectivity index (χ1) is 15.7. The summed E-state index contributed by atoms with van der Waals surface area (Å²) in [5.41, 5.74) is -1.13. The highest BCUT2D eigenvalue weighted by Crippen LogP contribution is 2.41. The second-order valence-electron chi connectivity index (χ2n) is 8.09. The van der Waals surface area contributed by atoms with Crippen molar-refractivity contribution in [1.82, 2.24) is 4.90 Å². The minimum atomic E-state index is -5.01. The number of hydrogen-bond acceptors (Lipinski definition) is 5. The summed E-state index contributed by atoms with van der Waals surface area (Å²) in [5.74, 6) is -2.89. The normalized spacial score (nSPS) is 17.4. The second-order valence-corrected chi connectivity index (χ2v) is 8.50. The van der Waals surface area contributed by atoms with E-state index in [2.05, 4.69) is 4.90 Å². The number of benzene rings is 2. The number of para-hydroxylation sites is 1. The monoisotopic (exact) mass is 481 g/mol. The molecule has 0 amide bonds. The Bertz CT molecular complexity index is 1220. The third-order valence-corrected chi connectivity index (χ3v) is 6.30. The van der Waals surface area contributed by atoms with Crippen LogP contribution in [-0.2, 0) is 12.7 Å². The number of alkyl halides is 3. The molecule has 1 atom stereocenters. The molecule has 0 saturated carbocycles. The van der Waals surface area contributed by atoms with Gasteiger partial charge >= 0.3 is 6.18 Å². The Morgan fingerprint density at radius 1 is 1.21 bits per heavy atom. The number of phenolic OH excluding ortho intramolecular Hbond substituents is 1. The molecule has 0 bridgehead atoms. The van der Waals surface area contributed by atoms with Gasteiger partial charge in [0.1, 0.15) is 17.1 Å². The SMILES string of the molecule is CC[C@H]1CCCCN1Cc1c(O)ccc2c(=O)c(Oc3ccccc3Cl)c(C(F)(F)F)oc12. The van der Waals surface area contributed by atoms with E-state index < -0.39 is 23.1 Å². The fourth-order valence-electron chi connectivity index (χ4n) is 4.29. The first-order valence-corrected chi connectivity index (χ1v) is 11.1. The van der Waals surface area contributed by atoms with E-state index in [1.807, 2.05) is 6.92 Å². The van der Waals surface area contributed by atoms with Gasteiger partial charge in [-0.1, -0.05) is 37.1 Å². The Morgan fingerprint density at radius 2 is 1.97 bits per heavy atom. The van der Waals surface area contributed by atoms with Gasteiger partial charge in [0.15, 0.2) is 0 Å². The summed E-state index contributed by atoms with van der Waals surface area (Å²) in [6, 6.07) is 8.68. The highest BCUT2D eigenvalue weighted by Gasteiger charge is 2.41. The molecule has 0 spiro atoms. The number of ether oxygens (including phenoxy) is 1. The summed E-state index contributed by atoms with van der Waals surface area (Å²) in [6.45, 7) is 2.97. The highest BCUT2D eigenvalue weighted by molar-refractivity contribution is 6.32. The van der Waals surface area contributed by atoms with E-state index in [1.54, 1.807) is 6.07 Å². The lowest BCUT2D eigenvalue weighted by atomic mass is 9.98. The molecule has 1 aliphatic rings. The van der Waals surface area contributed by atoms with Gasteiger partial charge in [-0.2, -0.15) is 13.2 Å². The van der Waals surface area contributed by atoms with Crippen molar-refractivity contribution in [2.45, 2.75) is 51.4 Å². The van der Waals surface area contributed by atoms with E-state index in [4.69, 9.17) is 20.8 Å². The Labute approximate surface area is 193 Å². The number of likely N-dealkylation sites (tertiary alicyclic amines) is 1. The van der Waals surface area contributed by atoms with Crippen LogP contribution >= 0.6 is 11.6 Å². The molecule has 0 aliphatic carbocycles. The molecule has 0 unspecified atom stereocenters. The fourth-order valence-corrected chi connectivity index (χ4v) is 4.46. The highest BCUT2D eigenvalue weighted by atomic mass is 35.5. The van der Waals surface area contributed by atoms with Gasteiger partial charge in [0.05, 0.1) is 16.0 Å². The Balaban J connectivity index is 1.88. The summed E-state index contributed by atoms with van der Waals surface area (Å²) in [7, 11) is 0. The lowest BCUT2D eigenvalue weighted by molar-refractivity contribution is -0.154. The van der Waals surface area contributed by atoms with Crippen molar-refractivity contribution in [2.24, 2.45) is 0 Å². The number of aromatic hydroxyl groups is 1. The van der Waals surface area contributed by atoms with Crippen molar-refractivity contribution < 1.29 is 27.4 Å². The van der Waals surface area contributed by atoms with Crippen LogP contribution in [0, 0.1) is 0 Å². The van der Waals surface area contributed by atoms with Crippen LogP contribution in [0.4, 0.5) is 13.2 Å². The van der Waals surface area contributed by atoms with Gasteiger partial charge in [-0.25, -0.2) is 0 Å². The van der Waals surface area contributed by atoms with Crippen molar-refractivity contribution in [2.75, 3.05) is 6.54 Å². The van der Waals surface area contributed by atoms with Gasteiger partial charge in [-0.15, -0.1) is 0 Å². The van der Waals surface area contributed by atoms with Crippen molar-refractivity contribution in [1.29, 1.82) is 0 Å². The number of hydrogen-bond donors (Lipinski definition) is 1. The summed E-state index contributed by atoms with van der Waals surface area (Å²) >= 11 is 6.02. The second kappa shape index (κ2) is 9.27. The summed E-state index contributed by atoms with van der Waals surface area (Å²) in [5, 5.41) is 10.4. The quantitative estimate of drug-likeness (QED) is 0.438. The number of piperidine rings is 1. The summed E-state index contributed by atoms with van der Waals surface area (Å²) < 4.78 is 52.5. The van der Waals surface area contributed by atoms with Crippen molar-refractivity contribution in [3.63, 3.8) is 0 Å². The van der Waals surface area contributed by atoms with E-state index in [0.717, 1.165) is 32.2 Å². The average Bonchev–Trinajstić information content (AvgIpc) is 2.78. The van der Waals surface area contributed by atoms with Gasteiger partial charge in [0.2, 0.25) is 11.2 Å². The Hall–Kier alpha value is -2.71. The first-order valence-electron chi connectivity index (χ1n) is 10.8. The van der Waals surface area contributed by atoms with Crippen molar-refractivity contribution >= 4 is 22.6 Å². The molecule has 2 heterocycles. The molecule has 3 aromatic rings. The molecule has 1 aromatic heterocycles. The number of fused-ring (bicyclic) bond motifs is 1. The molecule has 2 aromatic carbocycles. The molecule has 1 saturated heterocycles. The predicted molar refractivity (Wildman–Crippen MR) is 119 cm³/mol. The minimum Gasteiger partial charge on any atom is -0.507 e. The topological polar surface area (TPSA) is 62.9 Å². The molecule has 9 heteroatoms. The first kappa shape index (κ1) is 23.4. The zero-order chi connectivity index (χ0) is 23.8. The molecule has 4 rings (SSSR count). The van der Waals surface area contributed by atoms with E-state index in [0.29, 0.717) is 0 Å². The zero-order valence-corrected chi connectivity index (χ0v) is 18.7. The summed E-state index contributed by atoms with van der Waals surface area (Å²) in [6.07, 6.45) is -1.14. The van der Waals surface area contributed by atoms with E-state index in [-0.39, 0.29) is 45.6 Å². The van der Waals surface area contributed by atoms with E-state index >= 15 is 0 Å². The van der Waals surface area contributed by atoms with Gasteiger partial charge in [0, 0.05) is 12.6 Å². The standard InChI is InChI=1S/C24H23ClF3NO4/c1-2-14-7-5-6-12-29(14)13-16-18(30)11-10-15-20(31)22(23(24(26,27)28)33-21(15)16)32-19-9-4-3-8-17(19)25/h3-4,8-11,14,30H,2,5-7,12-13H2,1H3/t14-/m0/s1. The van der Waals surface area contributed by atoms with Crippen LogP contribution in [-0.4, -0.2) is 22.6 Å². The summed E-state index contributed by atoms with van der Waals surface area (Å²) in [4.78, 5) is 15.3. The fraction of sp³-hybridized carbons (Fsp3) is 0.375. The molecular formula is C24H23ClF3NO4. The minimum absolute atomic E-state index is 0.0484.